The number of benzene rings is 8. The first-order chi connectivity index (χ1) is 45.2. The molecule has 0 saturated heterocycles. The number of hydrogen-bond donors (Lipinski definition) is 0. The highest BCUT2D eigenvalue weighted by Crippen LogP contribution is 2.57. The zero-order valence-corrected chi connectivity index (χ0v) is 46.2. The van der Waals surface area contributed by atoms with Gasteiger partial charge in [0.1, 0.15) is 46.5 Å². The summed E-state index contributed by atoms with van der Waals surface area (Å²) in [6.45, 7) is 0. The maximum atomic E-state index is 17.5. The maximum Gasteiger partial charge on any atom is 0.180 e. The third-order valence-corrected chi connectivity index (χ3v) is 14.8. The summed E-state index contributed by atoms with van der Waals surface area (Å²) in [5.74, 6) is -47.3. The minimum Gasteiger partial charge on any atom is -0.208 e. The molecule has 2 heterocycles. The van der Waals surface area contributed by atoms with Crippen molar-refractivity contribution in [2.24, 2.45) is 0 Å². The number of nitrogens with zero attached hydrogens (tertiary/aromatic N) is 10. The van der Waals surface area contributed by atoms with Crippen molar-refractivity contribution < 1.29 is 70.2 Å². The molecule has 2 aromatic heterocycles. The Hall–Kier alpha value is -12.7. The van der Waals surface area contributed by atoms with E-state index in [4.69, 9.17) is 0 Å². The van der Waals surface area contributed by atoms with Gasteiger partial charge in [-0.15, -0.1) is 0 Å². The van der Waals surface area contributed by atoms with Crippen molar-refractivity contribution in [3.05, 3.63) is 305 Å². The van der Waals surface area contributed by atoms with Gasteiger partial charge in [-0.2, -0.15) is 21.0 Å². The van der Waals surface area contributed by atoms with E-state index in [0.717, 1.165) is 24.3 Å². The Labute approximate surface area is 516 Å². The lowest BCUT2D eigenvalue weighted by Crippen LogP contribution is -2.14. The fourth-order valence-corrected chi connectivity index (χ4v) is 10.6. The van der Waals surface area contributed by atoms with E-state index in [2.05, 4.69) is 29.9 Å². The number of aromatic nitrogens is 6. The average molecular weight is 1280 g/mol. The van der Waals surface area contributed by atoms with Crippen LogP contribution in [0.5, 0.6) is 0 Å². The van der Waals surface area contributed by atoms with E-state index >= 15 is 70.2 Å². The van der Waals surface area contributed by atoms with Gasteiger partial charge in [0.15, 0.2) is 128 Å². The van der Waals surface area contributed by atoms with Crippen LogP contribution in [0.25, 0.3) is 67.8 Å². The van der Waals surface area contributed by atoms with Gasteiger partial charge in [-0.05, 0) is 23.3 Å². The molecule has 0 fully saturated rings. The Bertz CT molecular complexity index is 4630. The molecule has 10 nitrogen and oxygen atoms in total. The number of allylic oxidation sites excluding steroid dienone is 8. The van der Waals surface area contributed by atoms with Crippen molar-refractivity contribution in [3.8, 4) is 69.8 Å². The summed E-state index contributed by atoms with van der Waals surface area (Å²) in [6, 6.07) is 32.2. The molecule has 2 aliphatic carbocycles. The van der Waals surface area contributed by atoms with Crippen LogP contribution in [0.1, 0.15) is 56.2 Å². The molecule has 0 saturated carbocycles. The largest absolute Gasteiger partial charge is 0.208 e. The fraction of sp³-hybridized carbons (Fsp3) is 0. The van der Waals surface area contributed by atoms with Crippen LogP contribution < -0.4 is 0 Å². The van der Waals surface area contributed by atoms with Gasteiger partial charge in [0.25, 0.3) is 0 Å². The molecule has 94 heavy (non-hydrogen) atoms. The van der Waals surface area contributed by atoms with Crippen LogP contribution in [0.4, 0.5) is 70.2 Å². The van der Waals surface area contributed by atoms with Crippen molar-refractivity contribution in [1.82, 2.24) is 29.9 Å². The van der Waals surface area contributed by atoms with Crippen molar-refractivity contribution in [1.29, 1.82) is 21.0 Å². The van der Waals surface area contributed by atoms with Crippen molar-refractivity contribution >= 4 is 22.3 Å². The summed E-state index contributed by atoms with van der Waals surface area (Å²) in [4.78, 5) is 27.0. The van der Waals surface area contributed by atoms with Crippen LogP contribution >= 0.6 is 0 Å². The lowest BCUT2D eigenvalue weighted by atomic mass is 9.84. The second-order valence-corrected chi connectivity index (χ2v) is 20.0. The predicted octanol–water partition coefficient (Wildman–Crippen LogP) is 16.2. The number of rotatable bonds is 10. The normalized spacial score (nSPS) is 12.5. The second kappa shape index (κ2) is 23.9. The molecular formula is C68H22F16N10. The van der Waals surface area contributed by atoms with Gasteiger partial charge in [-0.1, -0.05) is 121 Å². The summed E-state index contributed by atoms with van der Waals surface area (Å²) in [6.07, 6.45) is 1.05. The highest BCUT2D eigenvalue weighted by atomic mass is 19.2. The molecule has 12 rings (SSSR count). The first kappa shape index (κ1) is 61.6. The van der Waals surface area contributed by atoms with Gasteiger partial charge in [0.05, 0.1) is 22.3 Å². The van der Waals surface area contributed by atoms with Gasteiger partial charge < -0.3 is 0 Å². The van der Waals surface area contributed by atoms with Crippen molar-refractivity contribution in [3.63, 3.8) is 0 Å². The van der Waals surface area contributed by atoms with Gasteiger partial charge in [0, 0.05) is 55.7 Å². The molecule has 0 atom stereocenters. The van der Waals surface area contributed by atoms with Gasteiger partial charge >= 0.3 is 0 Å². The van der Waals surface area contributed by atoms with Gasteiger partial charge in [-0.25, -0.2) is 100 Å². The van der Waals surface area contributed by atoms with Crippen LogP contribution in [0.3, 0.4) is 0 Å². The first-order valence-electron chi connectivity index (χ1n) is 26.6. The molecule has 0 N–H and O–H groups in total. The smallest absolute Gasteiger partial charge is 0.180 e. The Morgan fingerprint density at radius 3 is 0.606 bits per heavy atom. The van der Waals surface area contributed by atoms with E-state index in [1.54, 1.807) is 0 Å². The van der Waals surface area contributed by atoms with Crippen LogP contribution in [-0.2, 0) is 0 Å². The molecule has 0 bridgehead atoms. The van der Waals surface area contributed by atoms with E-state index < -0.39 is 217 Å². The van der Waals surface area contributed by atoms with Crippen LogP contribution in [-0.4, -0.2) is 29.9 Å². The summed E-state index contributed by atoms with van der Waals surface area (Å²) in [7, 11) is 0. The zero-order chi connectivity index (χ0) is 66.9. The van der Waals surface area contributed by atoms with Gasteiger partial charge in [0.2, 0.25) is 0 Å². The molecular weight excluding hydrogens is 1260 g/mol. The monoisotopic (exact) mass is 1280 g/mol. The average Bonchev–Trinajstić information content (AvgIpc) is 1.49. The van der Waals surface area contributed by atoms with Gasteiger partial charge in [-0.3, -0.25) is 0 Å². The minimum atomic E-state index is -2.79. The molecule has 2 aliphatic rings. The summed E-state index contributed by atoms with van der Waals surface area (Å²) >= 11 is 0. The number of hydrogen-bond acceptors (Lipinski definition) is 10. The Balaban J connectivity index is 1.40. The molecule has 0 aliphatic heterocycles. The Morgan fingerprint density at radius 2 is 0.426 bits per heavy atom. The third-order valence-electron chi connectivity index (χ3n) is 14.8. The van der Waals surface area contributed by atoms with E-state index in [1.807, 2.05) is 0 Å². The second-order valence-electron chi connectivity index (χ2n) is 20.0. The number of halogens is 16. The Morgan fingerprint density at radius 1 is 0.245 bits per heavy atom. The van der Waals surface area contributed by atoms with E-state index in [9.17, 15) is 21.0 Å². The van der Waals surface area contributed by atoms with E-state index in [0.29, 0.717) is 12.2 Å². The summed E-state index contributed by atoms with van der Waals surface area (Å²) < 4.78 is 271. The van der Waals surface area contributed by atoms with E-state index in [1.165, 1.54) is 121 Å². The lowest BCUT2D eigenvalue weighted by molar-refractivity contribution is 0.440. The highest BCUT2D eigenvalue weighted by Gasteiger charge is 2.45. The molecule has 456 valence electrons. The zero-order valence-electron chi connectivity index (χ0n) is 46.2. The molecule has 0 unspecified atom stereocenters. The molecule has 26 heteroatoms. The fourth-order valence-electron chi connectivity index (χ4n) is 10.6. The molecule has 0 spiro atoms. The molecule has 0 radical (unpaired) electrons. The maximum absolute atomic E-state index is 17.5. The van der Waals surface area contributed by atoms with Crippen molar-refractivity contribution in [2.75, 3.05) is 0 Å². The lowest BCUT2D eigenvalue weighted by Gasteiger charge is -2.21. The molecule has 10 aromatic rings. The van der Waals surface area contributed by atoms with E-state index in [-0.39, 0.29) is 22.3 Å². The summed E-state index contributed by atoms with van der Waals surface area (Å²) in [5.41, 5.74) is -29.3. The van der Waals surface area contributed by atoms with Crippen LogP contribution in [0, 0.1) is 138 Å². The number of nitriles is 4. The third kappa shape index (κ3) is 9.76. The topological polar surface area (TPSA) is 172 Å². The van der Waals surface area contributed by atoms with Crippen LogP contribution in [0.15, 0.2) is 156 Å². The standard InChI is InChI=1S/C68H22F16N10/c69-47-35(23-85)48(70)56(78)43(55(47)77)41(44-57(79)49(71)36(24-86)50(72)58(44)80)39-32-22-34(68-93-65(29-17-9-3-10-18-29)90-66(94-68)30-19-11-4-12-20-30)40(31(32)21-33(39)67-91-63(27-13-5-1-6-14-27)89-64(92-67)28-15-7-2-8-16-28)42(45-59(81)51(73)37(25-87)52(74)60(45)82)46-61(83)53(75)38(26-88)54(76)62(46)84/h1-22H. The highest BCUT2D eigenvalue weighted by molar-refractivity contribution is 6.12. The van der Waals surface area contributed by atoms with Crippen LogP contribution in [0.2, 0.25) is 0 Å². The first-order valence-corrected chi connectivity index (χ1v) is 26.6. The predicted molar refractivity (Wildman–Crippen MR) is 300 cm³/mol. The summed E-state index contributed by atoms with van der Waals surface area (Å²) in [5, 5.41) is 39.0. The molecule has 0 amide bonds. The Kier molecular flexibility index (Phi) is 15.7. The quantitative estimate of drug-likeness (QED) is 0.0947. The SMILES string of the molecule is N#Cc1c(F)c(F)c(C(=C2C(c3nc(-c4ccccc4)nc(-c4ccccc4)n3)=CC3=C2C=C(c2nc(-c4ccccc4)nc(-c4ccccc4)n2)C3=C(c2c(F)c(F)c(C#N)c(F)c2F)c2c(F)c(F)c(C#N)c(F)c2F)c2c(F)c(F)c(C#N)c(F)c2F)c(F)c1F. The minimum absolute atomic E-state index is 0.0600. The molecule has 8 aromatic carbocycles. The van der Waals surface area contributed by atoms with Crippen molar-refractivity contribution in [2.45, 2.75) is 0 Å².